The van der Waals surface area contributed by atoms with Gasteiger partial charge in [-0.05, 0) is 30.0 Å². The van der Waals surface area contributed by atoms with Gasteiger partial charge < -0.3 is 14.2 Å². The Morgan fingerprint density at radius 1 is 0.929 bits per heavy atom. The fourth-order valence-electron chi connectivity index (χ4n) is 3.58. The highest BCUT2D eigenvalue weighted by Crippen LogP contribution is 2.31. The van der Waals surface area contributed by atoms with Crippen LogP contribution in [0.1, 0.15) is 31.4 Å². The number of ether oxygens (including phenoxy) is 3. The average Bonchev–Trinajstić information content (AvgIpc) is 2.74. The fraction of sp³-hybridized carbons (Fsp3) is 0.455. The minimum absolute atomic E-state index is 0.121. The van der Waals surface area contributed by atoms with Gasteiger partial charge in [0.1, 0.15) is 6.10 Å². The molecule has 1 fully saturated rings. The van der Waals surface area contributed by atoms with Crippen LogP contribution in [0, 0.1) is 0 Å². The van der Waals surface area contributed by atoms with Crippen LogP contribution in [0.3, 0.4) is 0 Å². The van der Waals surface area contributed by atoms with Crippen molar-refractivity contribution >= 4 is 0 Å². The van der Waals surface area contributed by atoms with Crippen LogP contribution in [0.5, 0.6) is 0 Å². The molecule has 0 aromatic heterocycles. The molecule has 2 unspecified atom stereocenters. The Kier molecular flexibility index (Phi) is 7.46. The second-order valence-electron chi connectivity index (χ2n) is 7.01. The van der Waals surface area contributed by atoms with Crippen molar-refractivity contribution in [3.8, 4) is 0 Å². The zero-order valence-corrected chi connectivity index (χ0v) is 16.3. The molecular weight excluding hydrogens is 354 g/mol. The zero-order valence-electron chi connectivity index (χ0n) is 16.3. The van der Waals surface area contributed by atoms with E-state index in [9.17, 15) is 0 Å². The third kappa shape index (κ3) is 5.12. The number of hydrogen-bond donors (Lipinski definition) is 0. The van der Waals surface area contributed by atoms with Gasteiger partial charge in [-0.3, -0.25) is 0 Å². The summed E-state index contributed by atoms with van der Waals surface area (Å²) in [6, 6.07) is 19.5. The van der Waals surface area contributed by atoms with Gasteiger partial charge in [-0.15, -0.1) is 0 Å². The summed E-state index contributed by atoms with van der Waals surface area (Å²) in [5.41, 5.74) is 11.2. The van der Waals surface area contributed by atoms with Crippen LogP contribution in [-0.4, -0.2) is 30.5 Å². The van der Waals surface area contributed by atoms with E-state index in [1.54, 1.807) is 0 Å². The zero-order chi connectivity index (χ0) is 19.8. The summed E-state index contributed by atoms with van der Waals surface area (Å²) >= 11 is 0. The van der Waals surface area contributed by atoms with Crippen molar-refractivity contribution < 1.29 is 14.2 Å². The molecule has 3 rings (SSSR count). The lowest BCUT2D eigenvalue weighted by Crippen LogP contribution is -2.57. The molecule has 28 heavy (non-hydrogen) atoms. The number of hydrogen-bond acceptors (Lipinski definition) is 4. The number of rotatable bonds is 8. The molecule has 1 aliphatic heterocycles. The standard InChI is InChI=1S/C22H27N3O3/c1-3-19-21(26-14-17-10-6-4-7-11-17)22(20(24-25-23)16(2)28-19)27-15-18-12-8-5-9-13-18/h4-13,16,19-22H,3,14-15H2,1-2H3/t16-,19?,20?,21+,22+/m1/s1. The molecule has 0 bridgehead atoms. The maximum Gasteiger partial charge on any atom is 0.111 e. The maximum absolute atomic E-state index is 9.06. The lowest BCUT2D eigenvalue weighted by molar-refractivity contribution is -0.212. The third-order valence-electron chi connectivity index (χ3n) is 5.06. The highest BCUT2D eigenvalue weighted by atomic mass is 16.6. The normalized spacial score (nSPS) is 27.1. The molecule has 0 N–H and O–H groups in total. The molecule has 0 spiro atoms. The van der Waals surface area contributed by atoms with Gasteiger partial charge in [-0.2, -0.15) is 0 Å². The first-order valence-corrected chi connectivity index (χ1v) is 9.73. The Morgan fingerprint density at radius 3 is 1.96 bits per heavy atom. The van der Waals surface area contributed by atoms with E-state index in [2.05, 4.69) is 16.9 Å². The van der Waals surface area contributed by atoms with Gasteiger partial charge >= 0.3 is 0 Å². The largest absolute Gasteiger partial charge is 0.372 e. The van der Waals surface area contributed by atoms with Crippen LogP contribution >= 0.6 is 0 Å². The molecule has 0 aliphatic carbocycles. The molecule has 1 aliphatic rings. The van der Waals surface area contributed by atoms with Crippen LogP contribution in [0.15, 0.2) is 65.8 Å². The molecular formula is C22H27N3O3. The van der Waals surface area contributed by atoms with Crippen LogP contribution in [0.25, 0.3) is 10.4 Å². The maximum atomic E-state index is 9.06. The molecule has 5 atom stereocenters. The second-order valence-corrected chi connectivity index (χ2v) is 7.01. The van der Waals surface area contributed by atoms with E-state index < -0.39 is 6.04 Å². The summed E-state index contributed by atoms with van der Waals surface area (Å²) in [6.45, 7) is 4.87. The van der Waals surface area contributed by atoms with E-state index >= 15 is 0 Å². The summed E-state index contributed by atoms with van der Waals surface area (Å²) < 4.78 is 18.6. The van der Waals surface area contributed by atoms with Gasteiger partial charge in [0.15, 0.2) is 0 Å². The Hall–Kier alpha value is -2.37. The number of nitrogens with zero attached hydrogens (tertiary/aromatic N) is 3. The van der Waals surface area contributed by atoms with E-state index in [4.69, 9.17) is 19.7 Å². The van der Waals surface area contributed by atoms with Crippen LogP contribution in [-0.2, 0) is 27.4 Å². The molecule has 1 saturated heterocycles. The molecule has 6 heteroatoms. The van der Waals surface area contributed by atoms with Crippen LogP contribution < -0.4 is 0 Å². The predicted molar refractivity (Wildman–Crippen MR) is 108 cm³/mol. The Balaban J connectivity index is 1.79. The smallest absolute Gasteiger partial charge is 0.111 e. The first-order valence-electron chi connectivity index (χ1n) is 9.73. The van der Waals surface area contributed by atoms with Crippen LogP contribution in [0.2, 0.25) is 0 Å². The number of benzene rings is 2. The monoisotopic (exact) mass is 381 g/mol. The van der Waals surface area contributed by atoms with Gasteiger partial charge in [-0.1, -0.05) is 72.7 Å². The van der Waals surface area contributed by atoms with Crippen molar-refractivity contribution in [1.29, 1.82) is 0 Å². The minimum atomic E-state index is -0.447. The van der Waals surface area contributed by atoms with E-state index in [0.717, 1.165) is 17.5 Å². The van der Waals surface area contributed by atoms with Crippen molar-refractivity contribution in [3.05, 3.63) is 82.2 Å². The molecule has 0 saturated carbocycles. The van der Waals surface area contributed by atoms with Gasteiger partial charge in [0, 0.05) is 4.91 Å². The van der Waals surface area contributed by atoms with Gasteiger partial charge in [0.2, 0.25) is 0 Å². The molecule has 0 amide bonds. The number of azide groups is 1. The van der Waals surface area contributed by atoms with Crippen molar-refractivity contribution in [2.75, 3.05) is 0 Å². The Labute approximate surface area is 166 Å². The summed E-state index contributed by atoms with van der Waals surface area (Å²) in [7, 11) is 0. The summed E-state index contributed by atoms with van der Waals surface area (Å²) in [5.74, 6) is 0. The Bertz CT molecular complexity index is 765. The average molecular weight is 381 g/mol. The third-order valence-corrected chi connectivity index (χ3v) is 5.06. The SMILES string of the molecule is CCC1O[C@H](C)C(N=[N+]=[N-])[C@H](OCc2ccccc2)[C@H]1OCc1ccccc1. The molecule has 2 aromatic rings. The van der Waals surface area contributed by atoms with Gasteiger partial charge in [-0.25, -0.2) is 0 Å². The van der Waals surface area contributed by atoms with E-state index in [-0.39, 0.29) is 24.4 Å². The lowest BCUT2D eigenvalue weighted by atomic mass is 9.92. The molecule has 6 nitrogen and oxygen atoms in total. The highest BCUT2D eigenvalue weighted by Gasteiger charge is 2.44. The van der Waals surface area contributed by atoms with E-state index in [0.29, 0.717) is 13.2 Å². The van der Waals surface area contributed by atoms with Crippen LogP contribution in [0.4, 0.5) is 0 Å². The molecule has 1 heterocycles. The van der Waals surface area contributed by atoms with Gasteiger partial charge in [0.25, 0.3) is 0 Å². The summed E-state index contributed by atoms with van der Waals surface area (Å²) in [4.78, 5) is 3.03. The predicted octanol–water partition coefficient (Wildman–Crippen LogP) is 5.03. The first kappa shape index (κ1) is 20.4. The van der Waals surface area contributed by atoms with E-state index in [1.165, 1.54) is 0 Å². The summed E-state index contributed by atoms with van der Waals surface area (Å²) in [6.07, 6.45) is -0.269. The second kappa shape index (κ2) is 10.2. The minimum Gasteiger partial charge on any atom is -0.372 e. The van der Waals surface area contributed by atoms with Crippen molar-refractivity contribution in [2.45, 2.75) is 63.9 Å². The van der Waals surface area contributed by atoms with Crippen molar-refractivity contribution in [2.24, 2.45) is 5.11 Å². The van der Waals surface area contributed by atoms with Crippen molar-refractivity contribution in [3.63, 3.8) is 0 Å². The molecule has 0 radical (unpaired) electrons. The lowest BCUT2D eigenvalue weighted by Gasteiger charge is -2.44. The quantitative estimate of drug-likeness (QED) is 0.365. The Morgan fingerprint density at radius 2 is 1.46 bits per heavy atom. The fourth-order valence-corrected chi connectivity index (χ4v) is 3.58. The van der Waals surface area contributed by atoms with E-state index in [1.807, 2.05) is 67.6 Å². The van der Waals surface area contributed by atoms with Gasteiger partial charge in [0.05, 0.1) is 37.6 Å². The van der Waals surface area contributed by atoms with Crippen molar-refractivity contribution in [1.82, 2.24) is 0 Å². The molecule has 148 valence electrons. The first-order chi connectivity index (χ1) is 13.7. The summed E-state index contributed by atoms with van der Waals surface area (Å²) in [5, 5.41) is 3.98. The molecule has 2 aromatic carbocycles. The topological polar surface area (TPSA) is 76.5 Å². The highest BCUT2D eigenvalue weighted by molar-refractivity contribution is 5.14.